The summed E-state index contributed by atoms with van der Waals surface area (Å²) in [6.07, 6.45) is 13.8. The zero-order chi connectivity index (χ0) is 11.9. The van der Waals surface area contributed by atoms with Crippen LogP contribution in [0.1, 0.15) is 32.6 Å². The van der Waals surface area contributed by atoms with Gasteiger partial charge in [0.15, 0.2) is 0 Å². The molecule has 4 heteroatoms. The minimum Gasteiger partial charge on any atom is -1.00 e. The standard InChI is InChI=1S/C15H18O.2ClH.Zr/c1-15(11-6-12-16,13-7-2-3-8-13)14-9-4-5-10-14;;;/h2,4,7,9,16H,3,5-6,11-12H2,1H3;2*1H;/q;;;+2/p-2. The van der Waals surface area contributed by atoms with Gasteiger partial charge in [0.1, 0.15) is 0 Å². The largest absolute Gasteiger partial charge is 1.00 e. The normalized spacial score (nSPS) is 21.2. The average molecular weight is 376 g/mol. The van der Waals surface area contributed by atoms with Crippen LogP contribution in [0.5, 0.6) is 0 Å². The van der Waals surface area contributed by atoms with E-state index < -0.39 is 23.2 Å². The molecule has 0 unspecified atom stereocenters. The molecule has 0 aromatic carbocycles. The third-order valence-corrected chi connectivity index (χ3v) is 8.00. The molecule has 0 atom stereocenters. The molecule has 0 aromatic heterocycles. The monoisotopic (exact) mass is 374 g/mol. The Balaban J connectivity index is 0.000000902. The van der Waals surface area contributed by atoms with Crippen molar-refractivity contribution in [3.63, 3.8) is 0 Å². The maximum Gasteiger partial charge on any atom is -1.00 e. The fourth-order valence-corrected chi connectivity index (χ4v) is 7.71. The summed E-state index contributed by atoms with van der Waals surface area (Å²) in [4.78, 5) is 0. The molecule has 102 valence electrons. The molecule has 3 aliphatic rings. The molecule has 0 amide bonds. The van der Waals surface area contributed by atoms with E-state index in [2.05, 4.69) is 31.2 Å². The first-order valence-electron chi connectivity index (χ1n) is 6.44. The molecule has 0 saturated heterocycles. The van der Waals surface area contributed by atoms with Gasteiger partial charge in [0.05, 0.1) is 0 Å². The van der Waals surface area contributed by atoms with Crippen LogP contribution in [0, 0.1) is 5.41 Å². The van der Waals surface area contributed by atoms with Crippen molar-refractivity contribution >= 4 is 0 Å². The van der Waals surface area contributed by atoms with Gasteiger partial charge >= 0.3 is 115 Å². The van der Waals surface area contributed by atoms with Gasteiger partial charge in [0.2, 0.25) is 0 Å². The minimum absolute atomic E-state index is 0. The number of aliphatic hydroxyl groups is 1. The smallest absolute Gasteiger partial charge is 1.00 e. The van der Waals surface area contributed by atoms with E-state index in [1.54, 1.807) is 17.7 Å². The van der Waals surface area contributed by atoms with Gasteiger partial charge in [-0.25, -0.2) is 0 Å². The molecular weight excluding hydrogens is 358 g/mol. The third-order valence-electron chi connectivity index (χ3n) is 4.19. The summed E-state index contributed by atoms with van der Waals surface area (Å²) in [5.74, 6) is 0. The predicted octanol–water partition coefficient (Wildman–Crippen LogP) is -2.70. The number of allylic oxidation sites excluding steroid dienone is 8. The van der Waals surface area contributed by atoms with Crippen molar-refractivity contribution < 1.29 is 53.2 Å². The SMILES string of the molecule is CC1(CCCO)C2=[C](CC=C2)[Zr+2][C]2=C1C=CC2.[Cl-].[Cl-]. The van der Waals surface area contributed by atoms with Gasteiger partial charge in [-0.3, -0.25) is 0 Å². The van der Waals surface area contributed by atoms with Crippen LogP contribution in [-0.2, 0) is 23.2 Å². The molecule has 19 heavy (non-hydrogen) atoms. The Labute approximate surface area is 139 Å². The number of hydrogen-bond donors (Lipinski definition) is 1. The summed E-state index contributed by atoms with van der Waals surface area (Å²) in [6.45, 7) is 2.70. The Morgan fingerprint density at radius 1 is 1.11 bits per heavy atom. The predicted molar refractivity (Wildman–Crippen MR) is 66.0 cm³/mol. The van der Waals surface area contributed by atoms with Gasteiger partial charge in [-0.15, -0.1) is 0 Å². The Hall–Kier alpha value is 0.383. The van der Waals surface area contributed by atoms with Crippen LogP contribution >= 0.6 is 0 Å². The van der Waals surface area contributed by atoms with Crippen LogP contribution in [0.25, 0.3) is 0 Å². The summed E-state index contributed by atoms with van der Waals surface area (Å²) < 4.78 is 3.58. The van der Waals surface area contributed by atoms with E-state index >= 15 is 0 Å². The number of halogens is 2. The Bertz CT molecular complexity index is 439. The first-order chi connectivity index (χ1) is 8.25. The first kappa shape index (κ1) is 17.4. The van der Waals surface area contributed by atoms with Gasteiger partial charge in [-0.2, -0.15) is 0 Å². The molecular formula is C15H18Cl2OZr. The van der Waals surface area contributed by atoms with E-state index in [1.165, 1.54) is 12.8 Å². The van der Waals surface area contributed by atoms with Gasteiger partial charge in [0, 0.05) is 0 Å². The van der Waals surface area contributed by atoms with Gasteiger partial charge in [-0.1, -0.05) is 0 Å². The molecule has 1 nitrogen and oxygen atoms in total. The second-order valence-electron chi connectivity index (χ2n) is 5.28. The first-order valence-corrected chi connectivity index (χ1v) is 8.90. The third kappa shape index (κ3) is 2.88. The summed E-state index contributed by atoms with van der Waals surface area (Å²) in [5.41, 5.74) is 3.43. The molecule has 0 spiro atoms. The van der Waals surface area contributed by atoms with Crippen molar-refractivity contribution in [1.29, 1.82) is 0 Å². The molecule has 0 saturated carbocycles. The molecule has 0 fully saturated rings. The van der Waals surface area contributed by atoms with Crippen molar-refractivity contribution in [2.75, 3.05) is 6.61 Å². The molecule has 1 N–H and O–H groups in total. The second kappa shape index (κ2) is 6.90. The molecule has 1 aliphatic heterocycles. The summed E-state index contributed by atoms with van der Waals surface area (Å²) in [5, 5.41) is 9.13. The van der Waals surface area contributed by atoms with E-state index in [0.29, 0.717) is 6.61 Å². The second-order valence-corrected chi connectivity index (χ2v) is 8.86. The average Bonchev–Trinajstić information content (AvgIpc) is 2.95. The number of aliphatic hydroxyl groups excluding tert-OH is 1. The Morgan fingerprint density at radius 2 is 1.63 bits per heavy atom. The van der Waals surface area contributed by atoms with E-state index in [1.807, 2.05) is 0 Å². The summed E-state index contributed by atoms with van der Waals surface area (Å²) in [6, 6.07) is 0. The van der Waals surface area contributed by atoms with E-state index in [4.69, 9.17) is 5.11 Å². The molecule has 0 bridgehead atoms. The molecule has 0 radical (unpaired) electrons. The maximum absolute atomic E-state index is 9.13. The molecule has 3 rings (SSSR count). The van der Waals surface area contributed by atoms with E-state index in [-0.39, 0.29) is 30.2 Å². The van der Waals surface area contributed by atoms with Crippen LogP contribution < -0.4 is 24.8 Å². The van der Waals surface area contributed by atoms with Crippen molar-refractivity contribution in [2.24, 2.45) is 5.41 Å². The molecule has 1 heterocycles. The van der Waals surface area contributed by atoms with Gasteiger partial charge < -0.3 is 24.8 Å². The summed E-state index contributed by atoms with van der Waals surface area (Å²) in [7, 11) is 0. The zero-order valence-corrected chi connectivity index (χ0v) is 15.0. The van der Waals surface area contributed by atoms with Gasteiger partial charge in [-0.05, 0) is 0 Å². The van der Waals surface area contributed by atoms with E-state index in [9.17, 15) is 0 Å². The van der Waals surface area contributed by atoms with Crippen molar-refractivity contribution in [3.8, 4) is 0 Å². The fourth-order valence-electron chi connectivity index (χ4n) is 3.31. The van der Waals surface area contributed by atoms with Crippen molar-refractivity contribution in [1.82, 2.24) is 0 Å². The van der Waals surface area contributed by atoms with Crippen LogP contribution in [0.3, 0.4) is 0 Å². The number of rotatable bonds is 3. The van der Waals surface area contributed by atoms with Gasteiger partial charge in [0.25, 0.3) is 0 Å². The van der Waals surface area contributed by atoms with Crippen LogP contribution in [0.4, 0.5) is 0 Å². The topological polar surface area (TPSA) is 20.2 Å². The van der Waals surface area contributed by atoms with Crippen LogP contribution in [0.15, 0.2) is 42.0 Å². The molecule has 2 aliphatic carbocycles. The van der Waals surface area contributed by atoms with Crippen LogP contribution in [-0.4, -0.2) is 11.7 Å². The Kier molecular flexibility index (Phi) is 6.33. The quantitative estimate of drug-likeness (QED) is 0.569. The Morgan fingerprint density at radius 3 is 2.11 bits per heavy atom. The summed E-state index contributed by atoms with van der Waals surface area (Å²) >= 11 is -0.453. The number of hydrogen-bond acceptors (Lipinski definition) is 1. The minimum atomic E-state index is -0.453. The van der Waals surface area contributed by atoms with Crippen molar-refractivity contribution in [2.45, 2.75) is 32.6 Å². The zero-order valence-electron chi connectivity index (χ0n) is 11.0. The maximum atomic E-state index is 9.13. The fraction of sp³-hybridized carbons (Fsp3) is 0.467. The van der Waals surface area contributed by atoms with Crippen molar-refractivity contribution in [3.05, 3.63) is 42.0 Å². The molecule has 0 aromatic rings. The van der Waals surface area contributed by atoms with Crippen LogP contribution in [0.2, 0.25) is 0 Å². The van der Waals surface area contributed by atoms with E-state index in [0.717, 1.165) is 12.8 Å².